The molecular weight excluding hydrogens is 520 g/mol. The number of hydrogen-bond donors (Lipinski definition) is 0. The molecule has 0 spiro atoms. The summed E-state index contributed by atoms with van der Waals surface area (Å²) in [6.45, 7) is 1.16. The van der Waals surface area contributed by atoms with Crippen LogP contribution in [0.5, 0.6) is 0 Å². The molecule has 2 aliphatic heterocycles. The largest absolute Gasteiger partial charge is 0.419 e. The highest BCUT2D eigenvalue weighted by molar-refractivity contribution is 6.30. The Morgan fingerprint density at radius 3 is 2.38 bits per heavy atom. The third-order valence-electron chi connectivity index (χ3n) is 7.47. The number of rotatable bonds is 3. The quantitative estimate of drug-likeness (QED) is 0.371. The molecule has 0 radical (unpaired) electrons. The van der Waals surface area contributed by atoms with E-state index in [0.717, 1.165) is 17.3 Å². The van der Waals surface area contributed by atoms with E-state index in [2.05, 4.69) is 10.2 Å². The molecule has 3 aromatic rings. The van der Waals surface area contributed by atoms with E-state index >= 15 is 0 Å². The molecule has 1 aromatic heterocycles. The summed E-state index contributed by atoms with van der Waals surface area (Å²) in [6.07, 6.45) is -3.94. The zero-order valence-corrected chi connectivity index (χ0v) is 20.2. The second-order valence-electron chi connectivity index (χ2n) is 9.87. The Morgan fingerprint density at radius 2 is 1.70 bits per heavy atom. The van der Waals surface area contributed by atoms with Crippen LogP contribution in [-0.4, -0.2) is 44.7 Å². The molecule has 0 amide bonds. The average molecular weight is 542 g/mol. The second kappa shape index (κ2) is 8.62. The van der Waals surface area contributed by atoms with E-state index in [1.807, 2.05) is 10.6 Å². The zero-order chi connectivity index (χ0) is 26.1. The van der Waals surface area contributed by atoms with Gasteiger partial charge in [0.1, 0.15) is 5.82 Å². The molecule has 37 heavy (non-hydrogen) atoms. The van der Waals surface area contributed by atoms with Gasteiger partial charge in [-0.05, 0) is 48.7 Å². The van der Waals surface area contributed by atoms with E-state index in [1.165, 1.54) is 12.1 Å². The highest BCUT2D eigenvalue weighted by atomic mass is 35.5. The Hall–Kier alpha value is -2.79. The van der Waals surface area contributed by atoms with Crippen molar-refractivity contribution in [2.24, 2.45) is 0 Å². The molecule has 1 unspecified atom stereocenters. The summed E-state index contributed by atoms with van der Waals surface area (Å²) < 4.78 is 84.0. The molecule has 1 aliphatic carbocycles. The molecule has 0 N–H and O–H groups in total. The van der Waals surface area contributed by atoms with Crippen molar-refractivity contribution in [3.8, 4) is 5.69 Å². The predicted molar refractivity (Wildman–Crippen MR) is 125 cm³/mol. The second-order valence-corrected chi connectivity index (χ2v) is 10.3. The summed E-state index contributed by atoms with van der Waals surface area (Å²) in [5.41, 5.74) is 0.209. The van der Waals surface area contributed by atoms with E-state index in [0.29, 0.717) is 49.1 Å². The topological polar surface area (TPSA) is 37.2 Å². The standard InChI is InChI=1S/C25H22ClF6N5/c26-16-4-5-18-15(10-16)12-36(20-11-24(20,28)29)13-21-33-34-23(37(18)21)14-6-8-35(9-7-14)19-3-1-2-17(22(19)27)25(30,31)32/h1-5,10,14,20H,6-9,11-13H2. The fourth-order valence-electron chi connectivity index (χ4n) is 5.49. The van der Waals surface area contributed by atoms with Crippen LogP contribution in [0.25, 0.3) is 5.69 Å². The Morgan fingerprint density at radius 1 is 0.973 bits per heavy atom. The van der Waals surface area contributed by atoms with Gasteiger partial charge >= 0.3 is 6.18 Å². The van der Waals surface area contributed by atoms with Crippen molar-refractivity contribution < 1.29 is 26.3 Å². The number of fused-ring (bicyclic) bond motifs is 3. The van der Waals surface area contributed by atoms with Crippen molar-refractivity contribution in [2.75, 3.05) is 18.0 Å². The van der Waals surface area contributed by atoms with Crippen molar-refractivity contribution in [1.82, 2.24) is 19.7 Å². The lowest BCUT2D eigenvalue weighted by atomic mass is 9.95. The summed E-state index contributed by atoms with van der Waals surface area (Å²) in [5.74, 6) is -2.89. The van der Waals surface area contributed by atoms with Gasteiger partial charge in [-0.25, -0.2) is 13.2 Å². The van der Waals surface area contributed by atoms with Crippen LogP contribution >= 0.6 is 11.6 Å². The first-order valence-electron chi connectivity index (χ1n) is 12.0. The molecule has 0 bridgehead atoms. The number of nitrogens with zero attached hydrogens (tertiary/aromatic N) is 5. The molecular formula is C25H22ClF6N5. The van der Waals surface area contributed by atoms with E-state index in [9.17, 15) is 26.3 Å². The predicted octanol–water partition coefficient (Wildman–Crippen LogP) is 6.19. The molecule has 196 valence electrons. The van der Waals surface area contributed by atoms with Gasteiger partial charge in [-0.2, -0.15) is 13.2 Å². The monoisotopic (exact) mass is 541 g/mol. The van der Waals surface area contributed by atoms with Crippen LogP contribution < -0.4 is 4.90 Å². The van der Waals surface area contributed by atoms with Crippen molar-refractivity contribution in [2.45, 2.75) is 56.4 Å². The molecule has 6 rings (SSSR count). The number of anilines is 1. The summed E-state index contributed by atoms with van der Waals surface area (Å²) in [7, 11) is 0. The van der Waals surface area contributed by atoms with E-state index in [1.54, 1.807) is 21.9 Å². The van der Waals surface area contributed by atoms with Crippen LogP contribution in [0.1, 0.15) is 48.0 Å². The highest BCUT2D eigenvalue weighted by Crippen LogP contribution is 2.48. The molecule has 5 nitrogen and oxygen atoms in total. The van der Waals surface area contributed by atoms with Gasteiger partial charge in [0.25, 0.3) is 5.92 Å². The third kappa shape index (κ3) is 4.35. The first-order chi connectivity index (χ1) is 17.5. The van der Waals surface area contributed by atoms with Crippen molar-refractivity contribution in [1.29, 1.82) is 0 Å². The van der Waals surface area contributed by atoms with Gasteiger partial charge in [0, 0.05) is 37.0 Å². The van der Waals surface area contributed by atoms with Gasteiger partial charge in [0.05, 0.1) is 29.5 Å². The first kappa shape index (κ1) is 24.5. The molecule has 12 heteroatoms. The molecule has 1 saturated heterocycles. The maximum atomic E-state index is 14.7. The summed E-state index contributed by atoms with van der Waals surface area (Å²) >= 11 is 6.23. The van der Waals surface area contributed by atoms with Crippen LogP contribution in [0.4, 0.5) is 32.0 Å². The minimum atomic E-state index is -4.77. The Labute approximate surface area is 213 Å². The van der Waals surface area contributed by atoms with Gasteiger partial charge in [-0.3, -0.25) is 9.47 Å². The fourth-order valence-corrected chi connectivity index (χ4v) is 5.69. The minimum absolute atomic E-state index is 0.0747. The Balaban J connectivity index is 1.28. The van der Waals surface area contributed by atoms with Crippen molar-refractivity contribution in [3.05, 3.63) is 70.0 Å². The molecule has 3 heterocycles. The molecule has 1 atom stereocenters. The van der Waals surface area contributed by atoms with Crippen molar-refractivity contribution >= 4 is 17.3 Å². The van der Waals surface area contributed by atoms with E-state index in [-0.39, 0.29) is 24.6 Å². The van der Waals surface area contributed by atoms with E-state index < -0.39 is 29.5 Å². The Kier molecular flexibility index (Phi) is 5.72. The third-order valence-corrected chi connectivity index (χ3v) is 7.71. The molecule has 2 fully saturated rings. The maximum absolute atomic E-state index is 14.7. The van der Waals surface area contributed by atoms with Gasteiger partial charge < -0.3 is 4.90 Å². The molecule has 3 aliphatic rings. The van der Waals surface area contributed by atoms with Crippen molar-refractivity contribution in [3.63, 3.8) is 0 Å². The Bertz CT molecular complexity index is 1350. The normalized spacial score (nSPS) is 21.9. The van der Waals surface area contributed by atoms with Crippen LogP contribution in [0.15, 0.2) is 36.4 Å². The SMILES string of the molecule is Fc1c(N2CCC(c3nnc4n3-c3ccc(Cl)cc3CN(C3CC3(F)F)C4)CC2)cccc1C(F)(F)F. The lowest BCUT2D eigenvalue weighted by Gasteiger charge is -2.34. The van der Waals surface area contributed by atoms with Gasteiger partial charge in [-0.1, -0.05) is 17.7 Å². The van der Waals surface area contributed by atoms with Gasteiger partial charge in [0.15, 0.2) is 11.6 Å². The summed E-state index contributed by atoms with van der Waals surface area (Å²) in [4.78, 5) is 3.32. The number of piperidine rings is 1. The zero-order valence-electron chi connectivity index (χ0n) is 19.5. The highest BCUT2D eigenvalue weighted by Gasteiger charge is 2.60. The maximum Gasteiger partial charge on any atom is 0.419 e. The number of alkyl halides is 5. The van der Waals surface area contributed by atoms with Crippen LogP contribution in [0.2, 0.25) is 5.02 Å². The van der Waals surface area contributed by atoms with Gasteiger partial charge in [0.2, 0.25) is 0 Å². The van der Waals surface area contributed by atoms with Gasteiger partial charge in [-0.15, -0.1) is 10.2 Å². The van der Waals surface area contributed by atoms with Crippen LogP contribution in [0, 0.1) is 5.82 Å². The van der Waals surface area contributed by atoms with Crippen LogP contribution in [0.3, 0.4) is 0 Å². The minimum Gasteiger partial charge on any atom is -0.369 e. The lowest BCUT2D eigenvalue weighted by molar-refractivity contribution is -0.139. The number of hydrogen-bond acceptors (Lipinski definition) is 4. The summed E-state index contributed by atoms with van der Waals surface area (Å²) in [5, 5.41) is 9.26. The number of halogens is 7. The molecule has 1 saturated carbocycles. The van der Waals surface area contributed by atoms with Crippen LogP contribution in [-0.2, 0) is 19.3 Å². The smallest absolute Gasteiger partial charge is 0.369 e. The lowest BCUT2D eigenvalue weighted by Crippen LogP contribution is -2.34. The van der Waals surface area contributed by atoms with E-state index in [4.69, 9.17) is 11.6 Å². The number of aromatic nitrogens is 3. The average Bonchev–Trinajstić information content (AvgIpc) is 3.34. The summed E-state index contributed by atoms with van der Waals surface area (Å²) in [6, 6.07) is 7.77. The number of benzene rings is 2. The first-order valence-corrected chi connectivity index (χ1v) is 12.4. The molecule has 2 aromatic carbocycles. The fraction of sp³-hybridized carbons (Fsp3) is 0.440.